The van der Waals surface area contributed by atoms with Crippen LogP contribution in [0.1, 0.15) is 25.0 Å². The molecule has 1 aliphatic heterocycles. The molecule has 0 atom stereocenters. The highest BCUT2D eigenvalue weighted by molar-refractivity contribution is 6.03. The average Bonchev–Trinajstić information content (AvgIpc) is 2.65. The van der Waals surface area contributed by atoms with Crippen LogP contribution >= 0.6 is 0 Å². The van der Waals surface area contributed by atoms with E-state index in [1.54, 1.807) is 18.7 Å². The summed E-state index contributed by atoms with van der Waals surface area (Å²) in [6.45, 7) is 4.11. The topological polar surface area (TPSA) is 70.1 Å². The summed E-state index contributed by atoms with van der Waals surface area (Å²) in [7, 11) is 0. The maximum Gasteiger partial charge on any atom is 0.232 e. The fourth-order valence-corrected chi connectivity index (χ4v) is 2.36. The summed E-state index contributed by atoms with van der Waals surface area (Å²) in [5, 5.41) is 9.18. The number of nitrogens with zero attached hydrogens (tertiary/aromatic N) is 2. The van der Waals surface area contributed by atoms with E-state index in [9.17, 15) is 10.1 Å². The number of rotatable bonds is 3. The van der Waals surface area contributed by atoms with Crippen LogP contribution in [-0.4, -0.2) is 18.0 Å². The number of carbonyl (C=O) groups is 1. The minimum Gasteiger partial charge on any atom is -0.330 e. The van der Waals surface area contributed by atoms with Gasteiger partial charge >= 0.3 is 0 Å². The first-order chi connectivity index (χ1) is 8.49. The second kappa shape index (κ2) is 4.43. The lowest BCUT2D eigenvalue weighted by atomic mass is 10.0. The van der Waals surface area contributed by atoms with Crippen molar-refractivity contribution >= 4 is 11.6 Å². The second-order valence-corrected chi connectivity index (χ2v) is 5.08. The Kier molecular flexibility index (Phi) is 3.10. The van der Waals surface area contributed by atoms with Gasteiger partial charge in [0.2, 0.25) is 5.91 Å². The summed E-state index contributed by atoms with van der Waals surface area (Å²) >= 11 is 0. The van der Waals surface area contributed by atoms with Crippen LogP contribution in [0, 0.1) is 11.3 Å². The van der Waals surface area contributed by atoms with E-state index in [4.69, 9.17) is 5.73 Å². The molecule has 0 radical (unpaired) electrons. The van der Waals surface area contributed by atoms with E-state index in [2.05, 4.69) is 6.07 Å². The molecule has 1 heterocycles. The zero-order valence-electron chi connectivity index (χ0n) is 10.7. The number of nitrogens with two attached hydrogens (primary N) is 1. The Hall–Kier alpha value is -1.86. The molecule has 1 aromatic rings. The number of amides is 1. The van der Waals surface area contributed by atoms with E-state index in [1.165, 1.54) is 0 Å². The first-order valence-electron chi connectivity index (χ1n) is 6.06. The van der Waals surface area contributed by atoms with Crippen LogP contribution in [0.3, 0.4) is 0 Å². The normalized spacial score (nSPS) is 14.6. The van der Waals surface area contributed by atoms with Crippen molar-refractivity contribution in [2.75, 3.05) is 11.4 Å². The van der Waals surface area contributed by atoms with Gasteiger partial charge in [-0.25, -0.2) is 0 Å². The minimum atomic E-state index is -0.808. The van der Waals surface area contributed by atoms with Crippen molar-refractivity contribution in [2.24, 2.45) is 5.73 Å². The third-order valence-corrected chi connectivity index (χ3v) is 3.24. The van der Waals surface area contributed by atoms with Gasteiger partial charge in [0, 0.05) is 5.69 Å². The van der Waals surface area contributed by atoms with Crippen LogP contribution in [-0.2, 0) is 17.6 Å². The predicted octanol–water partition coefficient (Wildman–Crippen LogP) is 1.38. The lowest BCUT2D eigenvalue weighted by Gasteiger charge is -2.29. The molecule has 0 saturated carbocycles. The molecular weight excluding hydrogens is 226 g/mol. The van der Waals surface area contributed by atoms with Gasteiger partial charge in [0.1, 0.15) is 5.54 Å². The van der Waals surface area contributed by atoms with Gasteiger partial charge < -0.3 is 5.73 Å². The number of carbonyl (C=O) groups excluding carboxylic acids is 1. The fourth-order valence-electron chi connectivity index (χ4n) is 2.36. The van der Waals surface area contributed by atoms with Gasteiger partial charge in [-0.2, -0.15) is 5.26 Å². The van der Waals surface area contributed by atoms with Crippen molar-refractivity contribution in [1.82, 2.24) is 0 Å². The van der Waals surface area contributed by atoms with Crippen molar-refractivity contribution in [3.63, 3.8) is 0 Å². The Balaban J connectivity index is 2.42. The number of benzene rings is 1. The molecule has 18 heavy (non-hydrogen) atoms. The third-order valence-electron chi connectivity index (χ3n) is 3.24. The highest BCUT2D eigenvalue weighted by Gasteiger charge is 2.38. The fraction of sp³-hybridized carbons (Fsp3) is 0.429. The molecule has 1 amide bonds. The van der Waals surface area contributed by atoms with E-state index in [0.717, 1.165) is 23.2 Å². The van der Waals surface area contributed by atoms with E-state index in [1.807, 2.05) is 18.2 Å². The van der Waals surface area contributed by atoms with E-state index in [-0.39, 0.29) is 5.91 Å². The zero-order valence-corrected chi connectivity index (χ0v) is 10.7. The standard InChI is InChI=1S/C14H17N3O/c1-14(2,9-16)17-12-4-3-10(5-6-15)7-11(12)8-13(17)18/h3-4,7H,5-6,8,15H2,1-2H3. The van der Waals surface area contributed by atoms with Crippen molar-refractivity contribution in [1.29, 1.82) is 5.26 Å². The second-order valence-electron chi connectivity index (χ2n) is 5.08. The molecular formula is C14H17N3O. The Bertz CT molecular complexity index is 528. The highest BCUT2D eigenvalue weighted by Crippen LogP contribution is 2.34. The highest BCUT2D eigenvalue weighted by atomic mass is 16.2. The van der Waals surface area contributed by atoms with Crippen LogP contribution in [0.2, 0.25) is 0 Å². The van der Waals surface area contributed by atoms with Gasteiger partial charge in [-0.05, 0) is 44.0 Å². The largest absolute Gasteiger partial charge is 0.330 e. The molecule has 0 aromatic heterocycles. The Morgan fingerprint density at radius 3 is 2.83 bits per heavy atom. The maximum atomic E-state index is 12.1. The molecule has 94 valence electrons. The summed E-state index contributed by atoms with van der Waals surface area (Å²) in [5.41, 5.74) is 7.71. The summed E-state index contributed by atoms with van der Waals surface area (Å²) in [5.74, 6) is -0.0125. The summed E-state index contributed by atoms with van der Waals surface area (Å²) < 4.78 is 0. The number of anilines is 1. The van der Waals surface area contributed by atoms with Crippen LogP contribution in [0.5, 0.6) is 0 Å². The summed E-state index contributed by atoms with van der Waals surface area (Å²) in [6.07, 6.45) is 1.18. The van der Waals surface area contributed by atoms with Gasteiger partial charge in [0.15, 0.2) is 0 Å². The quantitative estimate of drug-likeness (QED) is 0.871. The molecule has 2 N–H and O–H groups in total. The molecule has 1 aliphatic rings. The van der Waals surface area contributed by atoms with E-state index < -0.39 is 5.54 Å². The zero-order chi connectivity index (χ0) is 13.3. The van der Waals surface area contributed by atoms with E-state index in [0.29, 0.717) is 13.0 Å². The minimum absolute atomic E-state index is 0.0125. The molecule has 1 aromatic carbocycles. The lowest BCUT2D eigenvalue weighted by molar-refractivity contribution is -0.118. The molecule has 0 unspecified atom stereocenters. The van der Waals surface area contributed by atoms with E-state index >= 15 is 0 Å². The van der Waals surface area contributed by atoms with Gasteiger partial charge in [-0.1, -0.05) is 12.1 Å². The van der Waals surface area contributed by atoms with Crippen LogP contribution in [0.15, 0.2) is 18.2 Å². The molecule has 0 spiro atoms. The first kappa shape index (κ1) is 12.6. The molecule has 0 aliphatic carbocycles. The molecule has 0 bridgehead atoms. The first-order valence-corrected chi connectivity index (χ1v) is 6.06. The molecule has 4 heteroatoms. The smallest absolute Gasteiger partial charge is 0.232 e. The molecule has 2 rings (SSSR count). The van der Waals surface area contributed by atoms with Gasteiger partial charge in [0.05, 0.1) is 12.5 Å². The van der Waals surface area contributed by atoms with Crippen molar-refractivity contribution < 1.29 is 4.79 Å². The predicted molar refractivity (Wildman–Crippen MR) is 70.1 cm³/mol. The van der Waals surface area contributed by atoms with Crippen molar-refractivity contribution in [3.8, 4) is 6.07 Å². The Morgan fingerprint density at radius 1 is 1.50 bits per heavy atom. The molecule has 0 fully saturated rings. The van der Waals surface area contributed by atoms with Crippen LogP contribution in [0.4, 0.5) is 5.69 Å². The summed E-state index contributed by atoms with van der Waals surface area (Å²) in [4.78, 5) is 13.6. The van der Waals surface area contributed by atoms with Gasteiger partial charge in [-0.3, -0.25) is 9.69 Å². The van der Waals surface area contributed by atoms with Crippen molar-refractivity contribution in [2.45, 2.75) is 32.2 Å². The van der Waals surface area contributed by atoms with Crippen molar-refractivity contribution in [3.05, 3.63) is 29.3 Å². The Morgan fingerprint density at radius 2 is 2.22 bits per heavy atom. The van der Waals surface area contributed by atoms with Crippen LogP contribution < -0.4 is 10.6 Å². The number of fused-ring (bicyclic) bond motifs is 1. The number of hydrogen-bond acceptors (Lipinski definition) is 3. The van der Waals surface area contributed by atoms with Gasteiger partial charge in [-0.15, -0.1) is 0 Å². The molecule has 0 saturated heterocycles. The number of nitriles is 1. The third kappa shape index (κ3) is 1.98. The van der Waals surface area contributed by atoms with Crippen LogP contribution in [0.25, 0.3) is 0 Å². The maximum absolute atomic E-state index is 12.1. The molecule has 4 nitrogen and oxygen atoms in total. The monoisotopic (exact) mass is 243 g/mol. The van der Waals surface area contributed by atoms with Gasteiger partial charge in [0.25, 0.3) is 0 Å². The Labute approximate surface area is 107 Å². The SMILES string of the molecule is CC(C)(C#N)N1C(=O)Cc2cc(CCN)ccc21. The summed E-state index contributed by atoms with van der Waals surface area (Å²) in [6, 6.07) is 8.10. The lowest BCUT2D eigenvalue weighted by Crippen LogP contribution is -2.44. The number of hydrogen-bond donors (Lipinski definition) is 1. The average molecular weight is 243 g/mol.